The van der Waals surface area contributed by atoms with Crippen LogP contribution < -0.4 is 10.1 Å². The predicted molar refractivity (Wildman–Crippen MR) is 90.4 cm³/mol. The standard InChI is InChI=1S/C19H18FNO5/c20-15-5-2-6-16(10-15)26-11-13-3-1-4-14(9-13)17(22)21-19(18(23)24)7-8-25-12-19/h1-6,9-10H,7-8,11-12H2,(H,21,22)(H,23,24). The molecule has 26 heavy (non-hydrogen) atoms. The molecule has 0 spiro atoms. The first-order chi connectivity index (χ1) is 12.5. The molecule has 0 bridgehead atoms. The molecule has 3 rings (SSSR count). The summed E-state index contributed by atoms with van der Waals surface area (Å²) in [5, 5.41) is 12.0. The highest BCUT2D eigenvalue weighted by atomic mass is 19.1. The lowest BCUT2D eigenvalue weighted by Crippen LogP contribution is -2.55. The van der Waals surface area contributed by atoms with Gasteiger partial charge in [0.15, 0.2) is 5.54 Å². The van der Waals surface area contributed by atoms with Gasteiger partial charge in [0.25, 0.3) is 5.91 Å². The average molecular weight is 359 g/mol. The van der Waals surface area contributed by atoms with Gasteiger partial charge in [-0.05, 0) is 29.8 Å². The summed E-state index contributed by atoms with van der Waals surface area (Å²) in [5.74, 6) is -1.62. The van der Waals surface area contributed by atoms with Crippen molar-refractivity contribution in [3.05, 3.63) is 65.5 Å². The Morgan fingerprint density at radius 1 is 1.23 bits per heavy atom. The van der Waals surface area contributed by atoms with Gasteiger partial charge >= 0.3 is 5.97 Å². The van der Waals surface area contributed by atoms with Crippen molar-refractivity contribution >= 4 is 11.9 Å². The average Bonchev–Trinajstić information content (AvgIpc) is 3.10. The van der Waals surface area contributed by atoms with Crippen molar-refractivity contribution in [2.45, 2.75) is 18.6 Å². The molecule has 1 atom stereocenters. The minimum absolute atomic E-state index is 0.0591. The summed E-state index contributed by atoms with van der Waals surface area (Å²) in [5.41, 5.74) is -0.377. The second-order valence-electron chi connectivity index (χ2n) is 6.09. The molecule has 1 unspecified atom stereocenters. The van der Waals surface area contributed by atoms with Crippen molar-refractivity contribution in [1.29, 1.82) is 0 Å². The number of nitrogens with one attached hydrogen (secondary N) is 1. The highest BCUT2D eigenvalue weighted by Gasteiger charge is 2.44. The molecule has 7 heteroatoms. The SMILES string of the molecule is O=C(NC1(C(=O)O)CCOC1)c1cccc(COc2cccc(F)c2)c1. The minimum atomic E-state index is -1.40. The lowest BCUT2D eigenvalue weighted by atomic mass is 9.98. The number of benzene rings is 2. The van der Waals surface area contributed by atoms with Crippen molar-refractivity contribution in [3.63, 3.8) is 0 Å². The van der Waals surface area contributed by atoms with Gasteiger partial charge < -0.3 is 19.9 Å². The van der Waals surface area contributed by atoms with Crippen molar-refractivity contribution in [1.82, 2.24) is 5.32 Å². The van der Waals surface area contributed by atoms with Gasteiger partial charge in [-0.25, -0.2) is 9.18 Å². The number of aliphatic carboxylic acids is 1. The van der Waals surface area contributed by atoms with Crippen LogP contribution in [-0.4, -0.2) is 35.7 Å². The second kappa shape index (κ2) is 7.53. The van der Waals surface area contributed by atoms with Crippen LogP contribution in [0, 0.1) is 5.82 Å². The largest absolute Gasteiger partial charge is 0.489 e. The topological polar surface area (TPSA) is 84.9 Å². The van der Waals surface area contributed by atoms with Gasteiger partial charge in [-0.1, -0.05) is 18.2 Å². The first kappa shape index (κ1) is 17.9. The number of ether oxygens (including phenoxy) is 2. The van der Waals surface area contributed by atoms with E-state index in [2.05, 4.69) is 5.32 Å². The number of hydrogen-bond donors (Lipinski definition) is 2. The van der Waals surface area contributed by atoms with E-state index in [1.165, 1.54) is 12.1 Å². The number of halogens is 1. The van der Waals surface area contributed by atoms with Gasteiger partial charge in [0, 0.05) is 24.7 Å². The summed E-state index contributed by atoms with van der Waals surface area (Å²) in [6.45, 7) is 0.377. The first-order valence-corrected chi connectivity index (χ1v) is 8.09. The Morgan fingerprint density at radius 2 is 2.04 bits per heavy atom. The van der Waals surface area contributed by atoms with Crippen LogP contribution in [0.1, 0.15) is 22.3 Å². The normalized spacial score (nSPS) is 19.1. The van der Waals surface area contributed by atoms with Crippen molar-refractivity contribution in [2.24, 2.45) is 0 Å². The van der Waals surface area contributed by atoms with Gasteiger partial charge in [-0.3, -0.25) is 4.79 Å². The summed E-state index contributed by atoms with van der Waals surface area (Å²) in [4.78, 5) is 24.0. The monoisotopic (exact) mass is 359 g/mol. The maximum absolute atomic E-state index is 13.2. The van der Waals surface area contributed by atoms with Gasteiger partial charge in [0.05, 0.1) is 6.61 Å². The van der Waals surface area contributed by atoms with Crippen LogP contribution in [0.2, 0.25) is 0 Å². The molecule has 1 aliphatic rings. The number of carboxylic acids is 1. The van der Waals surface area contributed by atoms with Crippen LogP contribution in [0.5, 0.6) is 5.75 Å². The van der Waals surface area contributed by atoms with E-state index in [0.29, 0.717) is 16.9 Å². The molecule has 0 aliphatic carbocycles. The predicted octanol–water partition coefficient (Wildman–Crippen LogP) is 2.38. The number of carboxylic acid groups (broad SMARTS) is 1. The van der Waals surface area contributed by atoms with Crippen LogP contribution in [0.15, 0.2) is 48.5 Å². The molecular formula is C19H18FNO5. The van der Waals surface area contributed by atoms with Crippen LogP contribution in [0.3, 0.4) is 0 Å². The van der Waals surface area contributed by atoms with E-state index in [1.807, 2.05) is 0 Å². The van der Waals surface area contributed by atoms with Gasteiger partial charge in [-0.15, -0.1) is 0 Å². The fourth-order valence-electron chi connectivity index (χ4n) is 2.70. The Balaban J connectivity index is 1.68. The lowest BCUT2D eigenvalue weighted by Gasteiger charge is -2.23. The molecule has 2 N–H and O–H groups in total. The van der Waals surface area contributed by atoms with Crippen LogP contribution in [0.4, 0.5) is 4.39 Å². The van der Waals surface area contributed by atoms with Crippen LogP contribution >= 0.6 is 0 Å². The van der Waals surface area contributed by atoms with E-state index < -0.39 is 23.2 Å². The molecule has 1 fully saturated rings. The second-order valence-corrected chi connectivity index (χ2v) is 6.09. The van der Waals surface area contributed by atoms with Gasteiger partial charge in [0.1, 0.15) is 18.2 Å². The molecule has 1 amide bonds. The third-order valence-corrected chi connectivity index (χ3v) is 4.17. The molecule has 0 radical (unpaired) electrons. The Hall–Kier alpha value is -2.93. The number of amides is 1. The molecule has 0 aromatic heterocycles. The summed E-state index contributed by atoms with van der Waals surface area (Å²) in [7, 11) is 0. The molecule has 1 heterocycles. The number of rotatable bonds is 6. The van der Waals surface area contributed by atoms with Crippen LogP contribution in [0.25, 0.3) is 0 Å². The Morgan fingerprint density at radius 3 is 2.73 bits per heavy atom. The molecule has 2 aromatic rings. The quantitative estimate of drug-likeness (QED) is 0.827. The van der Waals surface area contributed by atoms with E-state index in [1.54, 1.807) is 36.4 Å². The summed E-state index contributed by atoms with van der Waals surface area (Å²) in [6.07, 6.45) is 0.219. The number of hydrogen-bond acceptors (Lipinski definition) is 4. The number of carbonyl (C=O) groups excluding carboxylic acids is 1. The highest BCUT2D eigenvalue weighted by Crippen LogP contribution is 2.20. The third-order valence-electron chi connectivity index (χ3n) is 4.17. The molecule has 136 valence electrons. The third kappa shape index (κ3) is 4.00. The molecule has 2 aromatic carbocycles. The molecular weight excluding hydrogens is 341 g/mol. The first-order valence-electron chi connectivity index (χ1n) is 8.09. The zero-order chi connectivity index (χ0) is 18.6. The van der Waals surface area contributed by atoms with Crippen molar-refractivity contribution in [2.75, 3.05) is 13.2 Å². The van der Waals surface area contributed by atoms with Gasteiger partial charge in [-0.2, -0.15) is 0 Å². The maximum atomic E-state index is 13.2. The summed E-state index contributed by atoms with van der Waals surface area (Å²) in [6, 6.07) is 12.4. The van der Waals surface area contributed by atoms with Gasteiger partial charge in [0.2, 0.25) is 0 Å². The van der Waals surface area contributed by atoms with E-state index in [0.717, 1.165) is 0 Å². The van der Waals surface area contributed by atoms with Crippen molar-refractivity contribution < 1.29 is 28.6 Å². The van der Waals surface area contributed by atoms with Crippen LogP contribution in [-0.2, 0) is 16.1 Å². The van der Waals surface area contributed by atoms with E-state index in [9.17, 15) is 19.1 Å². The smallest absolute Gasteiger partial charge is 0.331 e. The van der Waals surface area contributed by atoms with E-state index in [-0.39, 0.29) is 26.2 Å². The molecule has 6 nitrogen and oxygen atoms in total. The number of carbonyl (C=O) groups is 2. The lowest BCUT2D eigenvalue weighted by molar-refractivity contribution is -0.144. The summed E-state index contributed by atoms with van der Waals surface area (Å²) >= 11 is 0. The zero-order valence-electron chi connectivity index (χ0n) is 13.9. The highest BCUT2D eigenvalue weighted by molar-refractivity contribution is 5.98. The fourth-order valence-corrected chi connectivity index (χ4v) is 2.70. The fraction of sp³-hybridized carbons (Fsp3) is 0.263. The Kier molecular flexibility index (Phi) is 5.18. The van der Waals surface area contributed by atoms with E-state index >= 15 is 0 Å². The zero-order valence-corrected chi connectivity index (χ0v) is 13.9. The van der Waals surface area contributed by atoms with Crippen molar-refractivity contribution in [3.8, 4) is 5.75 Å². The molecule has 1 aliphatic heterocycles. The Labute approximate surface area is 149 Å². The minimum Gasteiger partial charge on any atom is -0.489 e. The molecule has 0 saturated carbocycles. The van der Waals surface area contributed by atoms with E-state index in [4.69, 9.17) is 9.47 Å². The maximum Gasteiger partial charge on any atom is 0.331 e. The summed E-state index contributed by atoms with van der Waals surface area (Å²) < 4.78 is 23.8. The molecule has 1 saturated heterocycles. The Bertz CT molecular complexity index is 817.